The number of hydrogen-bond donors (Lipinski definition) is 1. The van der Waals surface area contributed by atoms with E-state index >= 15 is 0 Å². The first-order chi connectivity index (χ1) is 14.8. The molecule has 0 aliphatic heterocycles. The molecule has 5 aromatic heterocycles. The van der Waals surface area contributed by atoms with Gasteiger partial charge < -0.3 is 4.98 Å². The Labute approximate surface area is 172 Å². The highest BCUT2D eigenvalue weighted by atomic mass is 15.2. The van der Waals surface area contributed by atoms with Gasteiger partial charge in [0.2, 0.25) is 0 Å². The Bertz CT molecular complexity index is 1500. The summed E-state index contributed by atoms with van der Waals surface area (Å²) in [7, 11) is 1.92. The summed E-state index contributed by atoms with van der Waals surface area (Å²) in [6, 6.07) is 16.8. The summed E-state index contributed by atoms with van der Waals surface area (Å²) in [6.07, 6.45) is 11.7. The van der Waals surface area contributed by atoms with Crippen LogP contribution in [0.15, 0.2) is 85.7 Å². The molecule has 144 valence electrons. The van der Waals surface area contributed by atoms with E-state index in [9.17, 15) is 0 Å². The fourth-order valence-electron chi connectivity index (χ4n) is 3.96. The summed E-state index contributed by atoms with van der Waals surface area (Å²) in [6.45, 7) is 0. The lowest BCUT2D eigenvalue weighted by atomic mass is 10.0. The van der Waals surface area contributed by atoms with Crippen LogP contribution in [0.4, 0.5) is 0 Å². The summed E-state index contributed by atoms with van der Waals surface area (Å²) in [5.74, 6) is 0. The van der Waals surface area contributed by atoms with Gasteiger partial charge in [-0.15, -0.1) is 0 Å². The number of benzene rings is 1. The molecule has 0 amide bonds. The minimum absolute atomic E-state index is 0.880. The molecule has 6 rings (SSSR count). The smallest absolute Gasteiger partial charge is 0.137 e. The van der Waals surface area contributed by atoms with E-state index in [4.69, 9.17) is 0 Å². The number of fused-ring (bicyclic) bond motifs is 2. The maximum Gasteiger partial charge on any atom is 0.137 e. The number of aromatic amines is 1. The molecule has 6 nitrogen and oxygen atoms in total. The quantitative estimate of drug-likeness (QED) is 0.465. The predicted octanol–water partition coefficient (Wildman–Crippen LogP) is 4.95. The van der Waals surface area contributed by atoms with Crippen molar-refractivity contribution in [1.29, 1.82) is 0 Å². The predicted molar refractivity (Wildman–Crippen MR) is 118 cm³/mol. The van der Waals surface area contributed by atoms with E-state index < -0.39 is 0 Å². The average molecular weight is 390 g/mol. The second-order valence-corrected chi connectivity index (χ2v) is 7.39. The van der Waals surface area contributed by atoms with Gasteiger partial charge in [0.05, 0.1) is 17.9 Å². The van der Waals surface area contributed by atoms with Gasteiger partial charge in [-0.25, -0.2) is 9.50 Å². The first-order valence-corrected chi connectivity index (χ1v) is 9.75. The molecular weight excluding hydrogens is 372 g/mol. The van der Waals surface area contributed by atoms with Gasteiger partial charge in [-0.1, -0.05) is 30.3 Å². The fourth-order valence-corrected chi connectivity index (χ4v) is 3.96. The fraction of sp³-hybridized carbons (Fsp3) is 0.0417. The first kappa shape index (κ1) is 16.7. The van der Waals surface area contributed by atoms with E-state index in [1.54, 1.807) is 4.68 Å². The molecule has 6 heteroatoms. The van der Waals surface area contributed by atoms with E-state index in [0.29, 0.717) is 0 Å². The lowest BCUT2D eigenvalue weighted by Gasteiger charge is -2.05. The SMILES string of the molecule is Cn1cc(-c2cnn3ccc(-c4c[nH]c5ncc(-c6ccccc6)cc45)cc23)cn1. The third-order valence-electron chi connectivity index (χ3n) is 5.49. The van der Waals surface area contributed by atoms with Crippen LogP contribution in [0.25, 0.3) is 49.9 Å². The van der Waals surface area contributed by atoms with Crippen LogP contribution in [-0.2, 0) is 7.05 Å². The van der Waals surface area contributed by atoms with Gasteiger partial charge in [-0.05, 0) is 29.3 Å². The van der Waals surface area contributed by atoms with Crippen LogP contribution in [0.2, 0.25) is 0 Å². The lowest BCUT2D eigenvalue weighted by molar-refractivity contribution is 0.768. The van der Waals surface area contributed by atoms with Crippen molar-refractivity contribution in [3.8, 4) is 33.4 Å². The lowest BCUT2D eigenvalue weighted by Crippen LogP contribution is -1.87. The molecule has 30 heavy (non-hydrogen) atoms. The van der Waals surface area contributed by atoms with Gasteiger partial charge in [0, 0.05) is 59.5 Å². The Kier molecular flexibility index (Phi) is 3.58. The number of pyridine rings is 2. The molecule has 1 N–H and O–H groups in total. The minimum Gasteiger partial charge on any atom is -0.346 e. The van der Waals surface area contributed by atoms with Gasteiger partial charge in [-0.2, -0.15) is 10.2 Å². The molecule has 0 bridgehead atoms. The topological polar surface area (TPSA) is 63.8 Å². The largest absolute Gasteiger partial charge is 0.346 e. The van der Waals surface area contributed by atoms with Gasteiger partial charge in [-0.3, -0.25) is 4.68 Å². The number of rotatable bonds is 3. The zero-order chi connectivity index (χ0) is 20.1. The molecule has 0 spiro atoms. The molecule has 0 aliphatic rings. The molecule has 0 radical (unpaired) electrons. The normalized spacial score (nSPS) is 11.5. The second-order valence-electron chi connectivity index (χ2n) is 7.39. The van der Waals surface area contributed by atoms with Crippen LogP contribution in [0.5, 0.6) is 0 Å². The molecule has 0 aliphatic carbocycles. The van der Waals surface area contributed by atoms with Crippen molar-refractivity contribution >= 4 is 16.6 Å². The number of H-pyrrole nitrogens is 1. The van der Waals surface area contributed by atoms with Crippen molar-refractivity contribution in [3.63, 3.8) is 0 Å². The summed E-state index contributed by atoms with van der Waals surface area (Å²) in [5.41, 5.74) is 8.54. The van der Waals surface area contributed by atoms with E-state index in [1.807, 2.05) is 66.9 Å². The van der Waals surface area contributed by atoms with E-state index in [2.05, 4.69) is 50.5 Å². The van der Waals surface area contributed by atoms with Crippen molar-refractivity contribution < 1.29 is 0 Å². The van der Waals surface area contributed by atoms with Crippen LogP contribution in [0.3, 0.4) is 0 Å². The third-order valence-corrected chi connectivity index (χ3v) is 5.49. The van der Waals surface area contributed by atoms with Crippen molar-refractivity contribution in [2.45, 2.75) is 0 Å². The minimum atomic E-state index is 0.880. The Hall–Kier alpha value is -4.19. The van der Waals surface area contributed by atoms with Crippen LogP contribution in [-0.4, -0.2) is 29.4 Å². The number of aromatic nitrogens is 6. The van der Waals surface area contributed by atoms with E-state index in [-0.39, 0.29) is 0 Å². The van der Waals surface area contributed by atoms with Crippen molar-refractivity contribution in [1.82, 2.24) is 29.4 Å². The molecule has 0 saturated heterocycles. The van der Waals surface area contributed by atoms with Crippen molar-refractivity contribution in [2.75, 3.05) is 0 Å². The van der Waals surface area contributed by atoms with Crippen LogP contribution in [0.1, 0.15) is 0 Å². The number of hydrogen-bond acceptors (Lipinski definition) is 3. The Morgan fingerprint density at radius 2 is 1.70 bits per heavy atom. The molecule has 0 atom stereocenters. The second kappa shape index (κ2) is 6.42. The monoisotopic (exact) mass is 390 g/mol. The summed E-state index contributed by atoms with van der Waals surface area (Å²) >= 11 is 0. The third kappa shape index (κ3) is 2.62. The highest BCUT2D eigenvalue weighted by Crippen LogP contribution is 2.33. The standard InChI is InChI=1S/C24H18N6/c1-29-15-19(12-27-29)22-14-28-30-8-7-17(10-23(22)30)21-13-26-24-20(21)9-18(11-25-24)16-5-3-2-4-6-16/h2-15H,1H3,(H,25,26). The Morgan fingerprint density at radius 3 is 2.53 bits per heavy atom. The van der Waals surface area contributed by atoms with Crippen LogP contribution >= 0.6 is 0 Å². The van der Waals surface area contributed by atoms with Gasteiger partial charge >= 0.3 is 0 Å². The summed E-state index contributed by atoms with van der Waals surface area (Å²) < 4.78 is 3.70. The van der Waals surface area contributed by atoms with Gasteiger partial charge in [0.1, 0.15) is 5.65 Å². The number of nitrogens with zero attached hydrogens (tertiary/aromatic N) is 5. The van der Waals surface area contributed by atoms with Crippen molar-refractivity contribution in [3.05, 3.63) is 85.7 Å². The Morgan fingerprint density at radius 1 is 0.800 bits per heavy atom. The summed E-state index contributed by atoms with van der Waals surface area (Å²) in [4.78, 5) is 7.95. The maximum atomic E-state index is 4.64. The highest BCUT2D eigenvalue weighted by Gasteiger charge is 2.13. The zero-order valence-electron chi connectivity index (χ0n) is 16.3. The van der Waals surface area contributed by atoms with E-state index in [1.165, 1.54) is 0 Å². The van der Waals surface area contributed by atoms with Gasteiger partial charge in [0.15, 0.2) is 0 Å². The number of nitrogens with one attached hydrogen (secondary N) is 1. The first-order valence-electron chi connectivity index (χ1n) is 9.75. The van der Waals surface area contributed by atoms with Crippen LogP contribution < -0.4 is 0 Å². The molecule has 0 fully saturated rings. The number of aryl methyl sites for hydroxylation is 1. The zero-order valence-corrected chi connectivity index (χ0v) is 16.3. The molecule has 0 unspecified atom stereocenters. The Balaban J connectivity index is 1.51. The van der Waals surface area contributed by atoms with Crippen molar-refractivity contribution in [2.24, 2.45) is 7.05 Å². The maximum absolute atomic E-state index is 4.64. The molecule has 1 aromatic carbocycles. The molecule has 0 saturated carbocycles. The average Bonchev–Trinajstić information content (AvgIpc) is 3.51. The van der Waals surface area contributed by atoms with Crippen LogP contribution in [0, 0.1) is 0 Å². The molecular formula is C24H18N6. The molecule has 5 heterocycles. The highest BCUT2D eigenvalue weighted by molar-refractivity contribution is 5.97. The molecule has 6 aromatic rings. The van der Waals surface area contributed by atoms with E-state index in [0.717, 1.165) is 49.9 Å². The summed E-state index contributed by atoms with van der Waals surface area (Å²) in [5, 5.41) is 9.90. The van der Waals surface area contributed by atoms with Gasteiger partial charge in [0.25, 0.3) is 0 Å².